The molecule has 0 N–H and O–H groups in total. The van der Waals surface area contributed by atoms with Gasteiger partial charge in [-0.25, -0.2) is 0 Å². The van der Waals surface area contributed by atoms with Gasteiger partial charge in [0.15, 0.2) is 0 Å². The largest absolute Gasteiger partial charge is 0.304 e. The first-order chi connectivity index (χ1) is 9.65. The van der Waals surface area contributed by atoms with Crippen LogP contribution in [0.1, 0.15) is 12.0 Å². The normalized spacial score (nSPS) is 17.8. The van der Waals surface area contributed by atoms with Crippen LogP contribution in [0.25, 0.3) is 0 Å². The molecule has 0 bridgehead atoms. The summed E-state index contributed by atoms with van der Waals surface area (Å²) >= 11 is 6.16. The number of hydrogen-bond donors (Lipinski definition) is 0. The summed E-state index contributed by atoms with van der Waals surface area (Å²) in [7, 11) is 4.34. The number of likely N-dealkylation sites (N-methyl/N-ethyl adjacent to an activating group) is 1. The van der Waals surface area contributed by atoms with Crippen molar-refractivity contribution in [2.75, 3.05) is 53.4 Å². The van der Waals surface area contributed by atoms with Crippen molar-refractivity contribution in [3.8, 4) is 0 Å². The minimum absolute atomic E-state index is 0.811. The van der Waals surface area contributed by atoms with Crippen LogP contribution in [0.2, 0.25) is 5.02 Å². The summed E-state index contributed by atoms with van der Waals surface area (Å²) < 4.78 is 0. The van der Waals surface area contributed by atoms with Gasteiger partial charge >= 0.3 is 0 Å². The minimum atomic E-state index is 0.811. The summed E-state index contributed by atoms with van der Waals surface area (Å²) in [4.78, 5) is 11.4. The molecule has 5 heteroatoms. The van der Waals surface area contributed by atoms with Crippen molar-refractivity contribution in [3.63, 3.8) is 0 Å². The fourth-order valence-corrected chi connectivity index (χ4v) is 2.70. The molecule has 4 nitrogen and oxygen atoms in total. The van der Waals surface area contributed by atoms with E-state index in [-0.39, 0.29) is 0 Å². The van der Waals surface area contributed by atoms with Gasteiger partial charge in [0.05, 0.1) is 0 Å². The van der Waals surface area contributed by atoms with Crippen molar-refractivity contribution in [3.05, 3.63) is 29.0 Å². The molecule has 0 saturated carbocycles. The summed E-state index contributed by atoms with van der Waals surface area (Å²) in [5, 5.41) is 0.811. The van der Waals surface area contributed by atoms with E-state index in [1.807, 2.05) is 12.3 Å². The molecular formula is C15H25ClN4. The molecule has 2 rings (SSSR count). The van der Waals surface area contributed by atoms with Gasteiger partial charge in [-0.15, -0.1) is 0 Å². The highest BCUT2D eigenvalue weighted by Gasteiger charge is 2.13. The van der Waals surface area contributed by atoms with Gasteiger partial charge < -0.3 is 14.7 Å². The lowest BCUT2D eigenvalue weighted by Gasteiger charge is -2.32. The van der Waals surface area contributed by atoms with Crippen molar-refractivity contribution in [1.82, 2.24) is 19.7 Å². The first-order valence-electron chi connectivity index (χ1n) is 7.33. The average Bonchev–Trinajstić information content (AvgIpc) is 2.44. The molecule has 0 unspecified atom stereocenters. The zero-order chi connectivity index (χ0) is 14.4. The molecule has 1 aromatic rings. The van der Waals surface area contributed by atoms with Gasteiger partial charge in [0.25, 0.3) is 0 Å². The van der Waals surface area contributed by atoms with Crippen LogP contribution in [0.5, 0.6) is 0 Å². The van der Waals surface area contributed by atoms with Crippen LogP contribution < -0.4 is 0 Å². The zero-order valence-corrected chi connectivity index (χ0v) is 13.3. The van der Waals surface area contributed by atoms with E-state index in [1.165, 1.54) is 39.1 Å². The third-order valence-corrected chi connectivity index (χ3v) is 4.26. The molecule has 0 amide bonds. The second-order valence-corrected chi connectivity index (χ2v) is 6.11. The second-order valence-electron chi connectivity index (χ2n) is 5.70. The topological polar surface area (TPSA) is 22.6 Å². The molecule has 1 aliphatic heterocycles. The molecule has 0 radical (unpaired) electrons. The van der Waals surface area contributed by atoms with Gasteiger partial charge in [-0.2, -0.15) is 0 Å². The van der Waals surface area contributed by atoms with Crippen LogP contribution in [0.3, 0.4) is 0 Å². The molecule has 20 heavy (non-hydrogen) atoms. The summed E-state index contributed by atoms with van der Waals surface area (Å²) in [6, 6.07) is 1.86. The standard InChI is InChI=1S/C15H25ClN4/c1-18-8-10-20(11-9-18)7-3-6-19(2)13-14-12-17-5-4-15(14)16/h4-5,12H,3,6-11,13H2,1-2H3. The lowest BCUT2D eigenvalue weighted by atomic mass is 10.2. The molecule has 0 spiro atoms. The van der Waals surface area contributed by atoms with Gasteiger partial charge in [0.1, 0.15) is 0 Å². The Hall–Kier alpha value is -0.680. The SMILES string of the molecule is CN1CCN(CCCN(C)Cc2cnccc2Cl)CC1. The Morgan fingerprint density at radius 1 is 1.30 bits per heavy atom. The van der Waals surface area contributed by atoms with Crippen molar-refractivity contribution in [2.24, 2.45) is 0 Å². The smallest absolute Gasteiger partial charge is 0.0481 e. The van der Waals surface area contributed by atoms with Crippen LogP contribution in [-0.4, -0.2) is 73.0 Å². The summed E-state index contributed by atoms with van der Waals surface area (Å²) in [6.07, 6.45) is 4.80. The van der Waals surface area contributed by atoms with Crippen LogP contribution in [0.4, 0.5) is 0 Å². The lowest BCUT2D eigenvalue weighted by molar-refractivity contribution is 0.147. The molecule has 0 aliphatic carbocycles. The molecule has 112 valence electrons. The predicted octanol–water partition coefficient (Wildman–Crippen LogP) is 1.80. The molecule has 1 saturated heterocycles. The van der Waals surface area contributed by atoms with Crippen LogP contribution >= 0.6 is 11.6 Å². The summed E-state index contributed by atoms with van der Waals surface area (Å²) in [5.41, 5.74) is 1.11. The van der Waals surface area contributed by atoms with E-state index in [1.54, 1.807) is 6.20 Å². The molecule has 1 fully saturated rings. The monoisotopic (exact) mass is 296 g/mol. The fraction of sp³-hybridized carbons (Fsp3) is 0.667. The van der Waals surface area contributed by atoms with Gasteiger partial charge in [-0.1, -0.05) is 11.6 Å². The van der Waals surface area contributed by atoms with Gasteiger partial charge in [-0.05, 0) is 39.7 Å². The number of aromatic nitrogens is 1. The Morgan fingerprint density at radius 2 is 2.05 bits per heavy atom. The van der Waals surface area contributed by atoms with Crippen LogP contribution in [0, 0.1) is 0 Å². The minimum Gasteiger partial charge on any atom is -0.304 e. The highest BCUT2D eigenvalue weighted by atomic mass is 35.5. The maximum absolute atomic E-state index is 6.16. The highest BCUT2D eigenvalue weighted by molar-refractivity contribution is 6.31. The predicted molar refractivity (Wildman–Crippen MR) is 84.1 cm³/mol. The maximum Gasteiger partial charge on any atom is 0.0481 e. The summed E-state index contributed by atoms with van der Waals surface area (Å²) in [6.45, 7) is 7.96. The van der Waals surface area contributed by atoms with Crippen molar-refractivity contribution in [2.45, 2.75) is 13.0 Å². The van der Waals surface area contributed by atoms with E-state index in [9.17, 15) is 0 Å². The quantitative estimate of drug-likeness (QED) is 0.798. The highest BCUT2D eigenvalue weighted by Crippen LogP contribution is 2.15. The van der Waals surface area contributed by atoms with E-state index >= 15 is 0 Å². The average molecular weight is 297 g/mol. The third-order valence-electron chi connectivity index (χ3n) is 3.89. The molecule has 0 atom stereocenters. The molecule has 2 heterocycles. The van der Waals surface area contributed by atoms with Crippen LogP contribution in [-0.2, 0) is 6.54 Å². The van der Waals surface area contributed by atoms with Crippen LogP contribution in [0.15, 0.2) is 18.5 Å². The Morgan fingerprint density at radius 3 is 2.75 bits per heavy atom. The van der Waals surface area contributed by atoms with E-state index in [0.29, 0.717) is 0 Å². The van der Waals surface area contributed by atoms with Crippen molar-refractivity contribution < 1.29 is 0 Å². The Labute approximate surface area is 127 Å². The zero-order valence-electron chi connectivity index (χ0n) is 12.6. The van der Waals surface area contributed by atoms with Gasteiger partial charge in [-0.3, -0.25) is 4.98 Å². The second kappa shape index (κ2) is 7.93. The third kappa shape index (κ3) is 5.02. The molecule has 0 aromatic carbocycles. The summed E-state index contributed by atoms with van der Waals surface area (Å²) in [5.74, 6) is 0. The molecule has 1 aromatic heterocycles. The Bertz CT molecular complexity index is 405. The number of nitrogens with zero attached hydrogens (tertiary/aromatic N) is 4. The Kier molecular flexibility index (Phi) is 6.23. The maximum atomic E-state index is 6.16. The van der Waals surface area contributed by atoms with E-state index in [0.717, 1.165) is 23.7 Å². The number of rotatable bonds is 6. The van der Waals surface area contributed by atoms with E-state index in [2.05, 4.69) is 33.8 Å². The number of pyridine rings is 1. The molecule has 1 aliphatic rings. The van der Waals surface area contributed by atoms with E-state index in [4.69, 9.17) is 11.6 Å². The van der Waals surface area contributed by atoms with Crippen molar-refractivity contribution in [1.29, 1.82) is 0 Å². The lowest BCUT2D eigenvalue weighted by Crippen LogP contribution is -2.45. The number of piperazine rings is 1. The molecular weight excluding hydrogens is 272 g/mol. The van der Waals surface area contributed by atoms with Crippen molar-refractivity contribution >= 4 is 11.6 Å². The van der Waals surface area contributed by atoms with Gasteiger partial charge in [0.2, 0.25) is 0 Å². The van der Waals surface area contributed by atoms with Gasteiger partial charge in [0, 0.05) is 55.7 Å². The Balaban J connectivity index is 1.65. The first-order valence-corrected chi connectivity index (χ1v) is 7.71. The fourth-order valence-electron chi connectivity index (χ4n) is 2.53. The first kappa shape index (κ1) is 15.7. The number of halogens is 1. The van der Waals surface area contributed by atoms with E-state index < -0.39 is 0 Å². The number of hydrogen-bond acceptors (Lipinski definition) is 4.